The molecule has 4 heteroatoms. The third-order valence-corrected chi connectivity index (χ3v) is 3.63. The van der Waals surface area contributed by atoms with Crippen LogP contribution >= 0.6 is 0 Å². The molecule has 1 atom stereocenters. The minimum absolute atomic E-state index is 0.215. The van der Waals surface area contributed by atoms with Gasteiger partial charge in [0.2, 0.25) is 0 Å². The lowest BCUT2D eigenvalue weighted by Gasteiger charge is -2.36. The highest BCUT2D eigenvalue weighted by Crippen LogP contribution is 2.17. The Morgan fingerprint density at radius 2 is 2.19 bits per heavy atom. The molecule has 0 aromatic heterocycles. The molecule has 1 unspecified atom stereocenters. The second-order valence-corrected chi connectivity index (χ2v) is 5.24. The van der Waals surface area contributed by atoms with Gasteiger partial charge in [0.25, 0.3) is 0 Å². The topological polar surface area (TPSA) is 36.5 Å². The van der Waals surface area contributed by atoms with Gasteiger partial charge < -0.3 is 15.4 Å². The van der Waals surface area contributed by atoms with E-state index in [1.54, 1.807) is 0 Å². The molecule has 0 saturated carbocycles. The Morgan fingerprint density at radius 3 is 2.88 bits per heavy atom. The molecule has 2 heterocycles. The summed E-state index contributed by atoms with van der Waals surface area (Å²) >= 11 is 0. The molecule has 0 amide bonds. The third kappa shape index (κ3) is 3.70. The Labute approximate surface area is 98.7 Å². The first-order chi connectivity index (χ1) is 7.79. The van der Waals surface area contributed by atoms with Gasteiger partial charge >= 0.3 is 0 Å². The van der Waals surface area contributed by atoms with Crippen LogP contribution in [-0.4, -0.2) is 62.9 Å². The van der Waals surface area contributed by atoms with Gasteiger partial charge in [-0.2, -0.15) is 0 Å². The van der Waals surface area contributed by atoms with E-state index in [1.807, 2.05) is 0 Å². The molecule has 94 valence electrons. The number of nitrogens with one attached hydrogen (secondary N) is 2. The summed E-state index contributed by atoms with van der Waals surface area (Å²) in [7, 11) is 0. The standard InChI is InChI=1S/C12H25N3O/c1-12(3-2-10-16-11-12)14-6-9-15-7-4-13-5-8-15/h13-14H,2-11H2,1H3. The smallest absolute Gasteiger partial charge is 0.0645 e. The number of ether oxygens (including phenoxy) is 1. The highest BCUT2D eigenvalue weighted by molar-refractivity contribution is 4.85. The molecular weight excluding hydrogens is 202 g/mol. The van der Waals surface area contributed by atoms with Crippen LogP contribution in [0, 0.1) is 0 Å². The van der Waals surface area contributed by atoms with Crippen molar-refractivity contribution in [3.8, 4) is 0 Å². The van der Waals surface area contributed by atoms with Crippen LogP contribution in [0.5, 0.6) is 0 Å². The Hall–Kier alpha value is -0.160. The normalized spacial score (nSPS) is 32.8. The molecule has 2 aliphatic rings. The summed E-state index contributed by atoms with van der Waals surface area (Å²) in [6.07, 6.45) is 2.44. The minimum Gasteiger partial charge on any atom is -0.380 e. The highest BCUT2D eigenvalue weighted by atomic mass is 16.5. The summed E-state index contributed by atoms with van der Waals surface area (Å²) in [6.45, 7) is 11.0. The van der Waals surface area contributed by atoms with E-state index in [2.05, 4.69) is 22.5 Å². The maximum absolute atomic E-state index is 5.54. The predicted molar refractivity (Wildman–Crippen MR) is 65.8 cm³/mol. The lowest BCUT2D eigenvalue weighted by Crippen LogP contribution is -2.52. The Morgan fingerprint density at radius 1 is 1.38 bits per heavy atom. The summed E-state index contributed by atoms with van der Waals surface area (Å²) in [4.78, 5) is 2.52. The van der Waals surface area contributed by atoms with Crippen molar-refractivity contribution in [2.75, 3.05) is 52.5 Å². The second-order valence-electron chi connectivity index (χ2n) is 5.24. The third-order valence-electron chi connectivity index (χ3n) is 3.63. The van der Waals surface area contributed by atoms with E-state index in [0.717, 1.165) is 39.4 Å². The first kappa shape index (κ1) is 12.3. The lowest BCUT2D eigenvalue weighted by atomic mass is 9.95. The molecule has 16 heavy (non-hydrogen) atoms. The molecule has 0 aliphatic carbocycles. The number of hydrogen-bond acceptors (Lipinski definition) is 4. The maximum atomic E-state index is 5.54. The van der Waals surface area contributed by atoms with E-state index in [-0.39, 0.29) is 5.54 Å². The summed E-state index contributed by atoms with van der Waals surface area (Å²) in [5.41, 5.74) is 0.215. The average molecular weight is 227 g/mol. The predicted octanol–water partition coefficient (Wildman–Crippen LogP) is 0.0503. The van der Waals surface area contributed by atoms with E-state index in [1.165, 1.54) is 25.9 Å². The van der Waals surface area contributed by atoms with Crippen molar-refractivity contribution in [3.63, 3.8) is 0 Å². The van der Waals surface area contributed by atoms with Crippen LogP contribution in [0.4, 0.5) is 0 Å². The van der Waals surface area contributed by atoms with Crippen LogP contribution in [0.15, 0.2) is 0 Å². The summed E-state index contributed by atoms with van der Waals surface area (Å²) < 4.78 is 5.54. The van der Waals surface area contributed by atoms with E-state index in [9.17, 15) is 0 Å². The van der Waals surface area contributed by atoms with Crippen LogP contribution in [0.25, 0.3) is 0 Å². The molecule has 2 N–H and O–H groups in total. The molecule has 2 fully saturated rings. The molecule has 2 aliphatic heterocycles. The zero-order valence-electron chi connectivity index (χ0n) is 10.4. The number of nitrogens with zero attached hydrogens (tertiary/aromatic N) is 1. The van der Waals surface area contributed by atoms with Gasteiger partial charge in [0, 0.05) is 51.4 Å². The van der Waals surface area contributed by atoms with Gasteiger partial charge in [0.1, 0.15) is 0 Å². The van der Waals surface area contributed by atoms with Crippen molar-refractivity contribution >= 4 is 0 Å². The molecule has 0 aromatic rings. The fraction of sp³-hybridized carbons (Fsp3) is 1.00. The van der Waals surface area contributed by atoms with E-state index in [4.69, 9.17) is 4.74 Å². The van der Waals surface area contributed by atoms with Crippen LogP contribution in [0.3, 0.4) is 0 Å². The lowest BCUT2D eigenvalue weighted by molar-refractivity contribution is 0.0275. The minimum atomic E-state index is 0.215. The van der Waals surface area contributed by atoms with Crippen LogP contribution in [0.1, 0.15) is 19.8 Å². The van der Waals surface area contributed by atoms with Gasteiger partial charge in [-0.1, -0.05) is 0 Å². The van der Waals surface area contributed by atoms with Gasteiger partial charge in [0.15, 0.2) is 0 Å². The van der Waals surface area contributed by atoms with Crippen LogP contribution < -0.4 is 10.6 Å². The second kappa shape index (κ2) is 5.96. The molecule has 0 aromatic carbocycles. The molecule has 2 rings (SSSR count). The molecule has 2 saturated heterocycles. The van der Waals surface area contributed by atoms with Crippen molar-refractivity contribution < 1.29 is 4.74 Å². The fourth-order valence-electron chi connectivity index (χ4n) is 2.52. The maximum Gasteiger partial charge on any atom is 0.0645 e. The zero-order valence-corrected chi connectivity index (χ0v) is 10.4. The van der Waals surface area contributed by atoms with E-state index >= 15 is 0 Å². The Bertz CT molecular complexity index is 198. The first-order valence-corrected chi connectivity index (χ1v) is 6.54. The SMILES string of the molecule is CC1(NCCN2CCNCC2)CCCOC1. The Balaban J connectivity index is 1.62. The molecule has 4 nitrogen and oxygen atoms in total. The highest BCUT2D eigenvalue weighted by Gasteiger charge is 2.26. The Kier molecular flexibility index (Phi) is 4.58. The van der Waals surface area contributed by atoms with Crippen molar-refractivity contribution in [1.82, 2.24) is 15.5 Å². The summed E-state index contributed by atoms with van der Waals surface area (Å²) in [5.74, 6) is 0. The number of hydrogen-bond donors (Lipinski definition) is 2. The monoisotopic (exact) mass is 227 g/mol. The fourth-order valence-corrected chi connectivity index (χ4v) is 2.52. The average Bonchev–Trinajstić information content (AvgIpc) is 2.31. The van der Waals surface area contributed by atoms with Crippen LogP contribution in [-0.2, 0) is 4.74 Å². The van der Waals surface area contributed by atoms with Gasteiger partial charge in [-0.25, -0.2) is 0 Å². The van der Waals surface area contributed by atoms with Gasteiger partial charge in [0.05, 0.1) is 6.61 Å². The van der Waals surface area contributed by atoms with Gasteiger partial charge in [-0.05, 0) is 19.8 Å². The quantitative estimate of drug-likeness (QED) is 0.711. The first-order valence-electron chi connectivity index (χ1n) is 6.54. The van der Waals surface area contributed by atoms with Crippen molar-refractivity contribution in [1.29, 1.82) is 0 Å². The largest absolute Gasteiger partial charge is 0.380 e. The summed E-state index contributed by atoms with van der Waals surface area (Å²) in [6, 6.07) is 0. The molecular formula is C12H25N3O. The molecule has 0 spiro atoms. The van der Waals surface area contributed by atoms with Crippen molar-refractivity contribution in [3.05, 3.63) is 0 Å². The van der Waals surface area contributed by atoms with Crippen molar-refractivity contribution in [2.24, 2.45) is 0 Å². The molecule has 0 bridgehead atoms. The van der Waals surface area contributed by atoms with Gasteiger partial charge in [-0.3, -0.25) is 4.90 Å². The summed E-state index contributed by atoms with van der Waals surface area (Å²) in [5, 5.41) is 7.04. The number of rotatable bonds is 4. The molecule has 0 radical (unpaired) electrons. The zero-order chi connectivity index (χ0) is 11.3. The van der Waals surface area contributed by atoms with E-state index in [0.29, 0.717) is 0 Å². The van der Waals surface area contributed by atoms with E-state index < -0.39 is 0 Å². The van der Waals surface area contributed by atoms with Gasteiger partial charge in [-0.15, -0.1) is 0 Å². The van der Waals surface area contributed by atoms with Crippen molar-refractivity contribution in [2.45, 2.75) is 25.3 Å². The van der Waals surface area contributed by atoms with Crippen LogP contribution in [0.2, 0.25) is 0 Å². The number of piperazine rings is 1.